The lowest BCUT2D eigenvalue weighted by atomic mass is 10.1. The van der Waals surface area contributed by atoms with Crippen LogP contribution in [0.2, 0.25) is 0 Å². The summed E-state index contributed by atoms with van der Waals surface area (Å²) in [6.45, 7) is 0.156. The lowest BCUT2D eigenvalue weighted by Crippen LogP contribution is -2.39. The minimum atomic E-state index is -3.16. The highest BCUT2D eigenvalue weighted by Gasteiger charge is 2.34. The van der Waals surface area contributed by atoms with Gasteiger partial charge in [-0.3, -0.25) is 4.79 Å². The Bertz CT molecular complexity index is 970. The smallest absolute Gasteiger partial charge is 0.247 e. The quantitative estimate of drug-likeness (QED) is 0.696. The lowest BCUT2D eigenvalue weighted by molar-refractivity contribution is -0.128. The van der Waals surface area contributed by atoms with E-state index in [1.165, 1.54) is 23.1 Å². The fraction of sp³-hybridized carbons (Fsp3) is 0.286. The number of hydrogen-bond acceptors (Lipinski definition) is 4. The molecular weight excluding hydrogens is 381 g/mol. The van der Waals surface area contributed by atoms with Crippen LogP contribution in [0.3, 0.4) is 0 Å². The molecule has 0 aliphatic carbocycles. The number of ether oxygens (including phenoxy) is 1. The summed E-state index contributed by atoms with van der Waals surface area (Å²) in [5.41, 5.74) is 1.44. The molecule has 0 bridgehead atoms. The maximum Gasteiger partial charge on any atom is 0.247 e. The van der Waals surface area contributed by atoms with Crippen molar-refractivity contribution < 1.29 is 22.3 Å². The third-order valence-corrected chi connectivity index (χ3v) is 6.46. The largest absolute Gasteiger partial charge is 0.497 e. The van der Waals surface area contributed by atoms with E-state index in [1.54, 1.807) is 37.5 Å². The van der Waals surface area contributed by atoms with E-state index in [2.05, 4.69) is 0 Å². The van der Waals surface area contributed by atoms with Crippen LogP contribution in [0.5, 0.6) is 5.75 Å². The molecule has 0 saturated carbocycles. The first kappa shape index (κ1) is 20.1. The SMILES string of the molecule is COc1ccc(/C=C/C(=O)N(Cc2cccc(F)c2)[C@H]2CCS(=O)(=O)C2)cc1. The Morgan fingerprint density at radius 2 is 2.00 bits per heavy atom. The summed E-state index contributed by atoms with van der Waals surface area (Å²) in [4.78, 5) is 14.4. The number of nitrogens with zero attached hydrogens (tertiary/aromatic N) is 1. The van der Waals surface area contributed by atoms with Crippen LogP contribution in [-0.4, -0.2) is 43.9 Å². The van der Waals surface area contributed by atoms with Gasteiger partial charge in [0.25, 0.3) is 0 Å². The van der Waals surface area contributed by atoms with Crippen molar-refractivity contribution in [1.82, 2.24) is 4.90 Å². The van der Waals surface area contributed by atoms with Gasteiger partial charge in [0.1, 0.15) is 11.6 Å². The van der Waals surface area contributed by atoms with E-state index in [0.29, 0.717) is 17.7 Å². The van der Waals surface area contributed by atoms with Crippen molar-refractivity contribution in [1.29, 1.82) is 0 Å². The molecule has 3 rings (SSSR count). The second-order valence-electron chi connectivity index (χ2n) is 6.76. The van der Waals surface area contributed by atoms with Gasteiger partial charge in [-0.15, -0.1) is 0 Å². The van der Waals surface area contributed by atoms with E-state index in [4.69, 9.17) is 4.74 Å². The van der Waals surface area contributed by atoms with Gasteiger partial charge in [0.2, 0.25) is 5.91 Å². The molecule has 28 heavy (non-hydrogen) atoms. The van der Waals surface area contributed by atoms with Crippen LogP contribution in [0.15, 0.2) is 54.6 Å². The molecule has 1 heterocycles. The average Bonchev–Trinajstić information content (AvgIpc) is 3.04. The molecule has 5 nitrogen and oxygen atoms in total. The summed E-state index contributed by atoms with van der Waals surface area (Å²) >= 11 is 0. The summed E-state index contributed by atoms with van der Waals surface area (Å²) in [6, 6.07) is 12.8. The maximum absolute atomic E-state index is 13.5. The first-order valence-electron chi connectivity index (χ1n) is 8.94. The molecule has 1 saturated heterocycles. The molecule has 2 aromatic carbocycles. The number of sulfone groups is 1. The first-order chi connectivity index (χ1) is 13.4. The third-order valence-electron chi connectivity index (χ3n) is 4.71. The molecule has 1 atom stereocenters. The highest BCUT2D eigenvalue weighted by atomic mass is 32.2. The number of benzene rings is 2. The van der Waals surface area contributed by atoms with Crippen molar-refractivity contribution in [3.05, 3.63) is 71.6 Å². The molecule has 1 aliphatic heterocycles. The third kappa shape index (κ3) is 5.19. The van der Waals surface area contributed by atoms with Crippen LogP contribution in [0.4, 0.5) is 4.39 Å². The van der Waals surface area contributed by atoms with E-state index >= 15 is 0 Å². The van der Waals surface area contributed by atoms with Crippen LogP contribution >= 0.6 is 0 Å². The molecule has 148 valence electrons. The highest BCUT2D eigenvalue weighted by molar-refractivity contribution is 7.91. The van der Waals surface area contributed by atoms with Gasteiger partial charge >= 0.3 is 0 Å². The van der Waals surface area contributed by atoms with Crippen molar-refractivity contribution in [3.63, 3.8) is 0 Å². The minimum absolute atomic E-state index is 0.0623. The molecule has 0 spiro atoms. The number of carbonyl (C=O) groups is 1. The summed E-state index contributed by atoms with van der Waals surface area (Å²) in [6.07, 6.45) is 3.48. The number of carbonyl (C=O) groups excluding carboxylic acids is 1. The van der Waals surface area contributed by atoms with Crippen molar-refractivity contribution in [2.24, 2.45) is 0 Å². The summed E-state index contributed by atoms with van der Waals surface area (Å²) in [5.74, 6) is 0.0179. The zero-order valence-electron chi connectivity index (χ0n) is 15.5. The standard InChI is InChI=1S/C21H22FNO4S/c1-27-20-8-5-16(6-9-20)7-10-21(24)23(19-11-12-28(25,26)15-19)14-17-3-2-4-18(22)13-17/h2-10,13,19H,11-12,14-15H2,1H3/b10-7+/t19-/m0/s1. The van der Waals surface area contributed by atoms with Crippen LogP contribution < -0.4 is 4.74 Å². The number of rotatable bonds is 6. The second kappa shape index (κ2) is 8.56. The molecule has 0 unspecified atom stereocenters. The van der Waals surface area contributed by atoms with Crippen LogP contribution in [0.25, 0.3) is 6.08 Å². The topological polar surface area (TPSA) is 63.7 Å². The Kier molecular flexibility index (Phi) is 6.14. The fourth-order valence-corrected chi connectivity index (χ4v) is 4.95. The maximum atomic E-state index is 13.5. The normalized spacial score (nSPS) is 18.3. The van der Waals surface area contributed by atoms with Gasteiger partial charge in [-0.05, 0) is 47.9 Å². The Hall–Kier alpha value is -2.67. The van der Waals surface area contributed by atoms with E-state index in [1.807, 2.05) is 12.1 Å². The van der Waals surface area contributed by atoms with Gasteiger partial charge in [0.05, 0.1) is 18.6 Å². The summed E-state index contributed by atoms with van der Waals surface area (Å²) in [5, 5.41) is 0. The monoisotopic (exact) mass is 403 g/mol. The van der Waals surface area contributed by atoms with Crippen molar-refractivity contribution in [3.8, 4) is 5.75 Å². The molecule has 0 N–H and O–H groups in total. The lowest BCUT2D eigenvalue weighted by Gasteiger charge is -2.27. The Balaban J connectivity index is 1.80. The molecule has 0 aromatic heterocycles. The highest BCUT2D eigenvalue weighted by Crippen LogP contribution is 2.21. The van der Waals surface area contributed by atoms with E-state index in [0.717, 1.165) is 5.56 Å². The zero-order chi connectivity index (χ0) is 20.1. The number of methoxy groups -OCH3 is 1. The minimum Gasteiger partial charge on any atom is -0.497 e. The zero-order valence-corrected chi connectivity index (χ0v) is 16.4. The van der Waals surface area contributed by atoms with Gasteiger partial charge in [-0.25, -0.2) is 12.8 Å². The average molecular weight is 403 g/mol. The molecular formula is C21H22FNO4S. The Morgan fingerprint density at radius 3 is 2.61 bits per heavy atom. The molecule has 7 heteroatoms. The molecule has 0 radical (unpaired) electrons. The Labute approximate surface area is 164 Å². The van der Waals surface area contributed by atoms with E-state index in [9.17, 15) is 17.6 Å². The van der Waals surface area contributed by atoms with Crippen LogP contribution in [-0.2, 0) is 21.2 Å². The predicted molar refractivity (Wildman–Crippen MR) is 106 cm³/mol. The molecule has 1 amide bonds. The van der Waals surface area contributed by atoms with E-state index in [-0.39, 0.29) is 24.0 Å². The van der Waals surface area contributed by atoms with E-state index < -0.39 is 21.7 Å². The van der Waals surface area contributed by atoms with Crippen molar-refractivity contribution >= 4 is 21.8 Å². The van der Waals surface area contributed by atoms with Gasteiger partial charge in [0, 0.05) is 18.7 Å². The molecule has 1 aliphatic rings. The molecule has 1 fully saturated rings. The fourth-order valence-electron chi connectivity index (χ4n) is 3.22. The van der Waals surface area contributed by atoms with Gasteiger partial charge in [-0.1, -0.05) is 24.3 Å². The number of halogens is 1. The second-order valence-corrected chi connectivity index (χ2v) is 8.99. The molecule has 2 aromatic rings. The number of hydrogen-bond donors (Lipinski definition) is 0. The Morgan fingerprint density at radius 1 is 1.25 bits per heavy atom. The summed E-state index contributed by atoms with van der Waals surface area (Å²) in [7, 11) is -1.58. The first-order valence-corrected chi connectivity index (χ1v) is 10.8. The van der Waals surface area contributed by atoms with Crippen molar-refractivity contribution in [2.45, 2.75) is 19.0 Å². The van der Waals surface area contributed by atoms with Crippen molar-refractivity contribution in [2.75, 3.05) is 18.6 Å². The summed E-state index contributed by atoms with van der Waals surface area (Å²) < 4.78 is 42.4. The van der Waals surface area contributed by atoms with Gasteiger partial charge in [-0.2, -0.15) is 0 Å². The van der Waals surface area contributed by atoms with Crippen LogP contribution in [0, 0.1) is 5.82 Å². The van der Waals surface area contributed by atoms with Gasteiger partial charge in [0.15, 0.2) is 9.84 Å². The van der Waals surface area contributed by atoms with Crippen LogP contribution in [0.1, 0.15) is 17.5 Å². The number of amides is 1. The predicted octanol–water partition coefficient (Wildman–Crippen LogP) is 3.06. The van der Waals surface area contributed by atoms with Gasteiger partial charge < -0.3 is 9.64 Å².